The van der Waals surface area contributed by atoms with Crippen LogP contribution in [-0.2, 0) is 17.8 Å². The fourth-order valence-electron chi connectivity index (χ4n) is 2.09. The van der Waals surface area contributed by atoms with Crippen LogP contribution in [0.3, 0.4) is 0 Å². The Balaban J connectivity index is 2.56. The zero-order valence-corrected chi connectivity index (χ0v) is 11.3. The van der Waals surface area contributed by atoms with E-state index in [1.807, 2.05) is 24.6 Å². The number of unbranched alkanes of at least 4 members (excludes halogenated alkanes) is 3. The van der Waals surface area contributed by atoms with E-state index in [9.17, 15) is 4.79 Å². The summed E-state index contributed by atoms with van der Waals surface area (Å²) in [4.78, 5) is 10.8. The van der Waals surface area contributed by atoms with E-state index in [4.69, 9.17) is 5.11 Å². The first-order chi connectivity index (χ1) is 8.56. The van der Waals surface area contributed by atoms with E-state index in [0.717, 1.165) is 49.2 Å². The maximum atomic E-state index is 10.8. The normalized spacial score (nSPS) is 10.6. The second kappa shape index (κ2) is 6.99. The van der Waals surface area contributed by atoms with Gasteiger partial charge < -0.3 is 5.11 Å². The van der Waals surface area contributed by atoms with Gasteiger partial charge in [-0.15, -0.1) is 6.58 Å². The molecule has 0 radical (unpaired) electrons. The Kier molecular flexibility index (Phi) is 5.62. The Hall–Kier alpha value is -1.58. The second-order valence-corrected chi connectivity index (χ2v) is 4.58. The summed E-state index contributed by atoms with van der Waals surface area (Å²) in [6, 6.07) is 0. The molecule has 0 aromatic carbocycles. The summed E-state index contributed by atoms with van der Waals surface area (Å²) in [6.07, 6.45) is 6.44. The number of nitrogens with zero attached hydrogens (tertiary/aromatic N) is 2. The molecule has 1 aromatic heterocycles. The first kappa shape index (κ1) is 14.5. The summed E-state index contributed by atoms with van der Waals surface area (Å²) < 4.78 is 1.93. The van der Waals surface area contributed by atoms with Gasteiger partial charge in [-0.25, -0.2) is 0 Å². The molecule has 1 heterocycles. The van der Waals surface area contributed by atoms with Gasteiger partial charge in [-0.3, -0.25) is 9.48 Å². The molecule has 4 nitrogen and oxygen atoms in total. The largest absolute Gasteiger partial charge is 0.481 e. The molecule has 0 unspecified atom stereocenters. The van der Waals surface area contributed by atoms with Crippen molar-refractivity contribution in [1.82, 2.24) is 9.78 Å². The minimum atomic E-state index is -0.799. The van der Waals surface area contributed by atoms with E-state index >= 15 is 0 Å². The predicted molar refractivity (Wildman–Crippen MR) is 71.7 cm³/mol. The number of carboxylic acids is 1. The Morgan fingerprint density at radius 1 is 1.39 bits per heavy atom. The molecule has 4 heteroatoms. The Bertz CT molecular complexity index is 422. The molecule has 0 saturated carbocycles. The van der Waals surface area contributed by atoms with Crippen LogP contribution < -0.4 is 0 Å². The molecule has 0 aliphatic heterocycles. The minimum Gasteiger partial charge on any atom is -0.481 e. The highest BCUT2D eigenvalue weighted by Crippen LogP contribution is 2.15. The van der Waals surface area contributed by atoms with Crippen LogP contribution in [0.4, 0.5) is 0 Å². The molecule has 1 aromatic rings. The molecule has 100 valence electrons. The first-order valence-electron chi connectivity index (χ1n) is 6.41. The summed E-state index contributed by atoms with van der Waals surface area (Å²) >= 11 is 0. The van der Waals surface area contributed by atoms with Crippen LogP contribution in [0.2, 0.25) is 0 Å². The van der Waals surface area contributed by atoms with Crippen molar-refractivity contribution in [2.75, 3.05) is 0 Å². The molecule has 0 amide bonds. The van der Waals surface area contributed by atoms with Gasteiger partial charge in [0.25, 0.3) is 0 Å². The number of allylic oxidation sites excluding steroid dienone is 1. The predicted octanol–water partition coefficient (Wildman–Crippen LogP) is 2.87. The molecular weight excluding hydrogens is 228 g/mol. The topological polar surface area (TPSA) is 55.1 Å². The lowest BCUT2D eigenvalue weighted by molar-refractivity contribution is -0.136. The summed E-state index contributed by atoms with van der Waals surface area (Å²) in [5, 5.41) is 13.3. The number of aromatic nitrogens is 2. The zero-order valence-electron chi connectivity index (χ0n) is 11.3. The van der Waals surface area contributed by atoms with Crippen molar-refractivity contribution in [3.63, 3.8) is 0 Å². The van der Waals surface area contributed by atoms with Gasteiger partial charge >= 0.3 is 5.97 Å². The van der Waals surface area contributed by atoms with Gasteiger partial charge in [0.1, 0.15) is 0 Å². The average molecular weight is 250 g/mol. The zero-order chi connectivity index (χ0) is 13.5. The second-order valence-electron chi connectivity index (χ2n) is 4.58. The Morgan fingerprint density at radius 3 is 2.72 bits per heavy atom. The van der Waals surface area contributed by atoms with Gasteiger partial charge in [-0.05, 0) is 33.1 Å². The van der Waals surface area contributed by atoms with Crippen LogP contribution in [0.25, 0.3) is 0 Å². The SMILES string of the molecule is C=CCCCCCn1nc(C)c(CC(=O)O)c1C. The third-order valence-corrected chi connectivity index (χ3v) is 3.14. The Morgan fingerprint density at radius 2 is 2.11 bits per heavy atom. The molecule has 0 aliphatic rings. The molecular formula is C14H22N2O2. The summed E-state index contributed by atoms with van der Waals surface area (Å²) in [5.74, 6) is -0.799. The molecule has 0 aliphatic carbocycles. The summed E-state index contributed by atoms with van der Waals surface area (Å²) in [6.45, 7) is 8.39. The molecule has 0 bridgehead atoms. The number of aliphatic carboxylic acids is 1. The van der Waals surface area contributed by atoms with Crippen molar-refractivity contribution in [1.29, 1.82) is 0 Å². The van der Waals surface area contributed by atoms with Crippen molar-refractivity contribution in [2.45, 2.75) is 52.5 Å². The number of aryl methyl sites for hydroxylation is 2. The third kappa shape index (κ3) is 4.02. The highest BCUT2D eigenvalue weighted by atomic mass is 16.4. The molecule has 0 atom stereocenters. The van der Waals surface area contributed by atoms with Crippen LogP contribution in [0.15, 0.2) is 12.7 Å². The quantitative estimate of drug-likeness (QED) is 0.570. The number of carboxylic acid groups (broad SMARTS) is 1. The van der Waals surface area contributed by atoms with Crippen molar-refractivity contribution in [3.05, 3.63) is 29.6 Å². The van der Waals surface area contributed by atoms with Crippen LogP contribution >= 0.6 is 0 Å². The van der Waals surface area contributed by atoms with Crippen molar-refractivity contribution >= 4 is 5.97 Å². The lowest BCUT2D eigenvalue weighted by atomic mass is 10.1. The molecule has 0 spiro atoms. The van der Waals surface area contributed by atoms with Crippen molar-refractivity contribution in [2.24, 2.45) is 0 Å². The Labute approximate surface area is 108 Å². The highest BCUT2D eigenvalue weighted by molar-refractivity contribution is 5.70. The molecule has 1 N–H and O–H groups in total. The van der Waals surface area contributed by atoms with Crippen molar-refractivity contribution < 1.29 is 9.90 Å². The van der Waals surface area contributed by atoms with E-state index < -0.39 is 5.97 Å². The average Bonchev–Trinajstić information content (AvgIpc) is 2.56. The van der Waals surface area contributed by atoms with Gasteiger partial charge in [0.05, 0.1) is 12.1 Å². The van der Waals surface area contributed by atoms with Crippen LogP contribution in [0.5, 0.6) is 0 Å². The fourth-order valence-corrected chi connectivity index (χ4v) is 2.09. The molecule has 0 saturated heterocycles. The van der Waals surface area contributed by atoms with Gasteiger partial charge in [0.2, 0.25) is 0 Å². The summed E-state index contributed by atoms with van der Waals surface area (Å²) in [5.41, 5.74) is 2.67. The van der Waals surface area contributed by atoms with E-state index in [2.05, 4.69) is 11.7 Å². The monoisotopic (exact) mass is 250 g/mol. The van der Waals surface area contributed by atoms with Gasteiger partial charge in [0.15, 0.2) is 0 Å². The number of rotatable bonds is 8. The standard InChI is InChI=1S/C14H22N2O2/c1-4-5-6-7-8-9-16-12(3)13(10-14(17)18)11(2)15-16/h4H,1,5-10H2,2-3H3,(H,17,18). The minimum absolute atomic E-state index is 0.0636. The van der Waals surface area contributed by atoms with Gasteiger partial charge in [-0.2, -0.15) is 5.10 Å². The van der Waals surface area contributed by atoms with Gasteiger partial charge in [-0.1, -0.05) is 12.5 Å². The smallest absolute Gasteiger partial charge is 0.307 e. The fraction of sp³-hybridized carbons (Fsp3) is 0.571. The highest BCUT2D eigenvalue weighted by Gasteiger charge is 2.13. The van der Waals surface area contributed by atoms with Crippen LogP contribution in [0, 0.1) is 13.8 Å². The summed E-state index contributed by atoms with van der Waals surface area (Å²) in [7, 11) is 0. The number of hydrogen-bond acceptors (Lipinski definition) is 2. The lowest BCUT2D eigenvalue weighted by Gasteiger charge is -2.04. The maximum absolute atomic E-state index is 10.8. The van der Waals surface area contributed by atoms with E-state index in [0.29, 0.717) is 0 Å². The van der Waals surface area contributed by atoms with E-state index in [1.54, 1.807) is 0 Å². The van der Waals surface area contributed by atoms with Crippen LogP contribution in [-0.4, -0.2) is 20.9 Å². The van der Waals surface area contributed by atoms with Crippen molar-refractivity contribution in [3.8, 4) is 0 Å². The molecule has 1 rings (SSSR count). The number of carbonyl (C=O) groups is 1. The third-order valence-electron chi connectivity index (χ3n) is 3.14. The van der Waals surface area contributed by atoms with Gasteiger partial charge in [0, 0.05) is 17.8 Å². The van der Waals surface area contributed by atoms with E-state index in [1.165, 1.54) is 0 Å². The van der Waals surface area contributed by atoms with Crippen LogP contribution in [0.1, 0.15) is 42.6 Å². The molecule has 18 heavy (non-hydrogen) atoms. The molecule has 0 fully saturated rings. The number of hydrogen-bond donors (Lipinski definition) is 1. The lowest BCUT2D eigenvalue weighted by Crippen LogP contribution is -2.05. The first-order valence-corrected chi connectivity index (χ1v) is 6.41. The maximum Gasteiger partial charge on any atom is 0.307 e. The van der Waals surface area contributed by atoms with E-state index in [-0.39, 0.29) is 6.42 Å².